The SMILES string of the molecule is COC(OC)C1CCN(c2ccc([C@H]3c4ccc(O)cc4CO[C@H]3C3CC3)cc2)CC1. The van der Waals surface area contributed by atoms with Crippen LogP contribution in [0, 0.1) is 11.8 Å². The Morgan fingerprint density at radius 3 is 2.32 bits per heavy atom. The summed E-state index contributed by atoms with van der Waals surface area (Å²) in [5, 5.41) is 9.92. The number of fused-ring (bicyclic) bond motifs is 1. The van der Waals surface area contributed by atoms with Crippen molar-refractivity contribution in [3.8, 4) is 5.75 Å². The van der Waals surface area contributed by atoms with Gasteiger partial charge in [0.25, 0.3) is 0 Å². The summed E-state index contributed by atoms with van der Waals surface area (Å²) in [6.07, 6.45) is 4.79. The first-order valence-corrected chi connectivity index (χ1v) is 11.5. The van der Waals surface area contributed by atoms with Crippen LogP contribution < -0.4 is 4.90 Å². The normalized spacial score (nSPS) is 24.4. The largest absolute Gasteiger partial charge is 0.508 e. The van der Waals surface area contributed by atoms with E-state index in [1.54, 1.807) is 14.2 Å². The number of anilines is 1. The molecule has 166 valence electrons. The van der Waals surface area contributed by atoms with Crippen molar-refractivity contribution in [3.05, 3.63) is 59.2 Å². The molecule has 1 N–H and O–H groups in total. The van der Waals surface area contributed by atoms with Crippen LogP contribution in [-0.4, -0.2) is 44.8 Å². The highest BCUT2D eigenvalue weighted by molar-refractivity contribution is 5.51. The van der Waals surface area contributed by atoms with Gasteiger partial charge in [0, 0.05) is 44.8 Å². The fourth-order valence-electron chi connectivity index (χ4n) is 5.49. The number of ether oxygens (including phenoxy) is 3. The van der Waals surface area contributed by atoms with Gasteiger partial charge >= 0.3 is 0 Å². The Bertz CT molecular complexity index is 883. The van der Waals surface area contributed by atoms with Gasteiger partial charge in [0.05, 0.1) is 12.7 Å². The van der Waals surface area contributed by atoms with Gasteiger partial charge in [-0.1, -0.05) is 18.2 Å². The zero-order valence-electron chi connectivity index (χ0n) is 18.5. The summed E-state index contributed by atoms with van der Waals surface area (Å²) >= 11 is 0. The molecule has 2 atom stereocenters. The molecule has 2 heterocycles. The van der Waals surface area contributed by atoms with Crippen LogP contribution in [0.5, 0.6) is 5.75 Å². The van der Waals surface area contributed by atoms with Crippen molar-refractivity contribution in [2.24, 2.45) is 11.8 Å². The van der Waals surface area contributed by atoms with Gasteiger partial charge in [0.15, 0.2) is 6.29 Å². The third-order valence-electron chi connectivity index (χ3n) is 7.31. The van der Waals surface area contributed by atoms with Crippen LogP contribution in [0.15, 0.2) is 42.5 Å². The van der Waals surface area contributed by atoms with Crippen LogP contribution in [0.2, 0.25) is 0 Å². The molecular weight excluding hydrogens is 390 g/mol. The fraction of sp³-hybridized carbons (Fsp3) is 0.538. The Kier molecular flexibility index (Phi) is 5.91. The lowest BCUT2D eigenvalue weighted by Gasteiger charge is -2.37. The zero-order valence-corrected chi connectivity index (χ0v) is 18.5. The van der Waals surface area contributed by atoms with Crippen LogP contribution in [0.25, 0.3) is 0 Å². The molecule has 2 aliphatic heterocycles. The van der Waals surface area contributed by atoms with Crippen LogP contribution in [0.1, 0.15) is 48.3 Å². The van der Waals surface area contributed by atoms with Crippen LogP contribution in [0.4, 0.5) is 5.69 Å². The molecule has 0 spiro atoms. The van der Waals surface area contributed by atoms with Crippen molar-refractivity contribution in [1.82, 2.24) is 0 Å². The minimum Gasteiger partial charge on any atom is -0.508 e. The molecule has 0 radical (unpaired) electrons. The van der Waals surface area contributed by atoms with Crippen molar-refractivity contribution < 1.29 is 19.3 Å². The molecule has 0 bridgehead atoms. The number of phenols is 1. The Labute approximate surface area is 184 Å². The number of hydrogen-bond donors (Lipinski definition) is 1. The average Bonchev–Trinajstić information content (AvgIpc) is 3.65. The van der Waals surface area contributed by atoms with E-state index in [0.717, 1.165) is 31.5 Å². The number of methoxy groups -OCH3 is 2. The van der Waals surface area contributed by atoms with Crippen molar-refractivity contribution in [3.63, 3.8) is 0 Å². The van der Waals surface area contributed by atoms with Gasteiger partial charge < -0.3 is 24.2 Å². The molecule has 2 aromatic rings. The monoisotopic (exact) mass is 423 g/mol. The summed E-state index contributed by atoms with van der Waals surface area (Å²) in [5.74, 6) is 1.66. The first kappa shape index (κ1) is 20.8. The molecule has 5 heteroatoms. The topological polar surface area (TPSA) is 51.2 Å². The van der Waals surface area contributed by atoms with Crippen LogP contribution >= 0.6 is 0 Å². The highest BCUT2D eigenvalue weighted by Crippen LogP contribution is 2.47. The minimum absolute atomic E-state index is 0.102. The van der Waals surface area contributed by atoms with Crippen molar-refractivity contribution in [2.75, 3.05) is 32.2 Å². The zero-order chi connectivity index (χ0) is 21.4. The molecule has 5 rings (SSSR count). The molecule has 1 saturated heterocycles. The lowest BCUT2D eigenvalue weighted by molar-refractivity contribution is -0.141. The number of aromatic hydroxyl groups is 1. The second-order valence-electron chi connectivity index (χ2n) is 9.23. The van der Waals surface area contributed by atoms with Gasteiger partial charge in [-0.2, -0.15) is 0 Å². The van der Waals surface area contributed by atoms with Gasteiger partial charge in [-0.3, -0.25) is 0 Å². The van der Waals surface area contributed by atoms with Gasteiger partial charge in [-0.25, -0.2) is 0 Å². The van der Waals surface area contributed by atoms with E-state index in [9.17, 15) is 5.11 Å². The summed E-state index contributed by atoms with van der Waals surface area (Å²) in [5.41, 5.74) is 5.00. The maximum absolute atomic E-state index is 9.92. The van der Waals surface area contributed by atoms with Gasteiger partial charge in [0.1, 0.15) is 5.75 Å². The summed E-state index contributed by atoms with van der Waals surface area (Å²) < 4.78 is 17.2. The highest BCUT2D eigenvalue weighted by Gasteiger charge is 2.42. The standard InChI is InChI=1S/C26H33NO4/c1-29-26(30-2)19-11-13-27(14-12-19)21-7-5-17(6-8-21)24-23-10-9-22(28)15-20(23)16-31-25(24)18-3-4-18/h5-10,15,18-19,24-26,28H,3-4,11-14,16H2,1-2H3/t24-,25-/m0/s1. The molecule has 0 unspecified atom stereocenters. The predicted octanol–water partition coefficient (Wildman–Crippen LogP) is 4.67. The number of piperidine rings is 1. The Morgan fingerprint density at radius 1 is 0.968 bits per heavy atom. The van der Waals surface area contributed by atoms with E-state index in [1.165, 1.54) is 29.7 Å². The number of benzene rings is 2. The molecule has 3 aliphatic rings. The Hall–Kier alpha value is -2.08. The van der Waals surface area contributed by atoms with E-state index >= 15 is 0 Å². The van der Waals surface area contributed by atoms with E-state index < -0.39 is 0 Å². The lowest BCUT2D eigenvalue weighted by atomic mass is 9.80. The van der Waals surface area contributed by atoms with E-state index in [1.807, 2.05) is 12.1 Å². The molecule has 1 aliphatic carbocycles. The first-order chi connectivity index (χ1) is 15.2. The first-order valence-electron chi connectivity index (χ1n) is 11.5. The van der Waals surface area contributed by atoms with Gasteiger partial charge in [0.2, 0.25) is 0 Å². The van der Waals surface area contributed by atoms with Crippen molar-refractivity contribution in [2.45, 2.75) is 50.6 Å². The third-order valence-corrected chi connectivity index (χ3v) is 7.31. The molecule has 0 aromatic heterocycles. The molecule has 2 fully saturated rings. The molecule has 2 aromatic carbocycles. The van der Waals surface area contributed by atoms with E-state index in [0.29, 0.717) is 24.2 Å². The predicted molar refractivity (Wildman–Crippen MR) is 120 cm³/mol. The summed E-state index contributed by atoms with van der Waals surface area (Å²) in [7, 11) is 3.45. The average molecular weight is 424 g/mol. The molecular formula is C26H33NO4. The second kappa shape index (κ2) is 8.81. The van der Waals surface area contributed by atoms with Crippen molar-refractivity contribution >= 4 is 5.69 Å². The summed E-state index contributed by atoms with van der Waals surface area (Å²) in [4.78, 5) is 2.46. The molecule has 0 amide bonds. The summed E-state index contributed by atoms with van der Waals surface area (Å²) in [6, 6.07) is 14.8. The number of nitrogens with zero attached hydrogens (tertiary/aromatic N) is 1. The Morgan fingerprint density at radius 2 is 1.68 bits per heavy atom. The third kappa shape index (κ3) is 4.19. The minimum atomic E-state index is -0.102. The van der Waals surface area contributed by atoms with Gasteiger partial charge in [-0.05, 0) is 72.6 Å². The fourth-order valence-corrected chi connectivity index (χ4v) is 5.49. The molecule has 31 heavy (non-hydrogen) atoms. The van der Waals surface area contributed by atoms with Crippen molar-refractivity contribution in [1.29, 1.82) is 0 Å². The van der Waals surface area contributed by atoms with Crippen LogP contribution in [-0.2, 0) is 20.8 Å². The molecule has 5 nitrogen and oxygen atoms in total. The highest BCUT2D eigenvalue weighted by atomic mass is 16.7. The maximum Gasteiger partial charge on any atom is 0.159 e. The second-order valence-corrected chi connectivity index (χ2v) is 9.23. The van der Waals surface area contributed by atoms with Gasteiger partial charge in [-0.15, -0.1) is 0 Å². The quantitative estimate of drug-likeness (QED) is 0.685. The Balaban J connectivity index is 1.34. The molecule has 1 saturated carbocycles. The summed E-state index contributed by atoms with van der Waals surface area (Å²) in [6.45, 7) is 2.64. The van der Waals surface area contributed by atoms with E-state index in [-0.39, 0.29) is 18.3 Å². The van der Waals surface area contributed by atoms with E-state index in [2.05, 4.69) is 35.2 Å². The smallest absolute Gasteiger partial charge is 0.159 e. The lowest BCUT2D eigenvalue weighted by Crippen LogP contribution is -2.39. The number of phenolic OH excluding ortho intramolecular Hbond substituents is 1. The van der Waals surface area contributed by atoms with E-state index in [4.69, 9.17) is 14.2 Å². The number of hydrogen-bond acceptors (Lipinski definition) is 5. The van der Waals surface area contributed by atoms with Crippen LogP contribution in [0.3, 0.4) is 0 Å². The number of rotatable bonds is 6. The maximum atomic E-state index is 9.92.